The average Bonchev–Trinajstić information content (AvgIpc) is 2.45. The molecule has 0 amide bonds. The van der Waals surface area contributed by atoms with Crippen LogP contribution in [-0.4, -0.2) is 15.8 Å². The van der Waals surface area contributed by atoms with Gasteiger partial charge >= 0.3 is 0 Å². The molecule has 0 aromatic carbocycles. The molecule has 0 spiro atoms. The number of hydrogen-bond donors (Lipinski definition) is 0. The molecule has 2 heteroatoms. The third-order valence-electron chi connectivity index (χ3n) is 4.86. The van der Waals surface area contributed by atoms with Crippen molar-refractivity contribution in [3.05, 3.63) is 0 Å². The summed E-state index contributed by atoms with van der Waals surface area (Å²) in [6, 6.07) is 4.82. The van der Waals surface area contributed by atoms with Crippen LogP contribution in [0.15, 0.2) is 0 Å². The average molecular weight is 327 g/mol. The second kappa shape index (κ2) is 12.9. The van der Waals surface area contributed by atoms with E-state index in [4.69, 9.17) is 0 Å². The van der Waals surface area contributed by atoms with E-state index in [0.29, 0.717) is 0 Å². The zero-order chi connectivity index (χ0) is 16.1. The van der Waals surface area contributed by atoms with Crippen molar-refractivity contribution in [2.45, 2.75) is 123 Å². The van der Waals surface area contributed by atoms with Crippen LogP contribution in [0, 0.1) is 0 Å². The molecule has 0 atom stereocenters. The van der Waals surface area contributed by atoms with Gasteiger partial charge in [0.15, 0.2) is 0 Å². The molecule has 0 bridgehead atoms. The van der Waals surface area contributed by atoms with E-state index in [1.54, 1.807) is 18.1 Å². The van der Waals surface area contributed by atoms with Crippen LogP contribution in [0.1, 0.15) is 99.3 Å². The van der Waals surface area contributed by atoms with Crippen molar-refractivity contribution >= 4 is 15.8 Å². The van der Waals surface area contributed by atoms with Crippen LogP contribution in [0.25, 0.3) is 0 Å². The van der Waals surface area contributed by atoms with Crippen molar-refractivity contribution in [2.24, 2.45) is 0 Å². The Kier molecular flexibility index (Phi) is 13.2. The smallest absolute Gasteiger partial charge is 0.00551 e. The summed E-state index contributed by atoms with van der Waals surface area (Å²) < 4.78 is 0. The Morgan fingerprint density at radius 1 is 0.524 bits per heavy atom. The van der Waals surface area contributed by atoms with Crippen LogP contribution < -0.4 is 0 Å². The third-order valence-corrected chi connectivity index (χ3v) is 17.3. The highest BCUT2D eigenvalue weighted by Gasteiger charge is 2.33. The van der Waals surface area contributed by atoms with Crippen LogP contribution in [0.5, 0.6) is 0 Å². The first-order valence-electron chi connectivity index (χ1n) is 9.86. The molecule has 0 aliphatic rings. The molecule has 126 valence electrons. The summed E-state index contributed by atoms with van der Waals surface area (Å²) in [7, 11) is -0.210. The van der Waals surface area contributed by atoms with Gasteiger partial charge in [0.1, 0.15) is 0 Å². The predicted molar refractivity (Wildman–Crippen MR) is 104 cm³/mol. The molecule has 0 aromatic rings. The lowest BCUT2D eigenvalue weighted by atomic mass is 9.92. The summed E-state index contributed by atoms with van der Waals surface area (Å²) in [5.74, 6) is 0. The molecule has 0 nitrogen and oxygen atoms in total. The normalized spacial score (nSPS) is 11.7. The van der Waals surface area contributed by atoms with Gasteiger partial charge in [-0.25, -0.2) is 0 Å². The van der Waals surface area contributed by atoms with Crippen LogP contribution in [0.2, 0.25) is 23.2 Å². The van der Waals surface area contributed by atoms with Crippen LogP contribution >= 0.6 is 0 Å². The maximum absolute atomic E-state index is 2.44. The summed E-state index contributed by atoms with van der Waals surface area (Å²) in [5, 5.41) is 0.789. The predicted octanol–water partition coefficient (Wildman–Crippen LogP) is 7.43. The standard InChI is InChI=1S/C19H42Si2/c1-7-13-19(14-8-2,15-9-3)21(18-12-6)20(16-10-4)17-11-5/h7-18H2,1-6H3. The van der Waals surface area contributed by atoms with Gasteiger partial charge < -0.3 is 0 Å². The van der Waals surface area contributed by atoms with Crippen LogP contribution in [0.3, 0.4) is 0 Å². The van der Waals surface area contributed by atoms with E-state index in [0.717, 1.165) is 5.04 Å². The van der Waals surface area contributed by atoms with Crippen molar-refractivity contribution in [1.29, 1.82) is 0 Å². The minimum Gasteiger partial charge on any atom is -0.0654 e. The molecule has 0 heterocycles. The van der Waals surface area contributed by atoms with Crippen LogP contribution in [0.4, 0.5) is 0 Å². The highest BCUT2D eigenvalue weighted by molar-refractivity contribution is 6.97. The highest BCUT2D eigenvalue weighted by Crippen LogP contribution is 2.45. The third kappa shape index (κ3) is 7.03. The topological polar surface area (TPSA) is 0 Å². The lowest BCUT2D eigenvalue weighted by molar-refractivity contribution is 0.421. The Morgan fingerprint density at radius 2 is 0.905 bits per heavy atom. The first kappa shape index (κ1) is 21.4. The van der Waals surface area contributed by atoms with Gasteiger partial charge in [-0.3, -0.25) is 0 Å². The second-order valence-corrected chi connectivity index (χ2v) is 15.5. The van der Waals surface area contributed by atoms with E-state index in [1.165, 1.54) is 57.8 Å². The van der Waals surface area contributed by atoms with Crippen molar-refractivity contribution in [3.8, 4) is 0 Å². The minimum absolute atomic E-state index is 0.0676. The molecule has 0 fully saturated rings. The Hall–Kier alpha value is 0.434. The monoisotopic (exact) mass is 326 g/mol. The fraction of sp³-hybridized carbons (Fsp3) is 1.00. The number of hydrogen-bond acceptors (Lipinski definition) is 0. The first-order chi connectivity index (χ1) is 10.2. The molecule has 0 saturated heterocycles. The summed E-state index contributed by atoms with van der Waals surface area (Å²) in [4.78, 5) is 0. The quantitative estimate of drug-likeness (QED) is 0.309. The van der Waals surface area contributed by atoms with Gasteiger partial charge in [0.25, 0.3) is 0 Å². The molecule has 0 saturated carbocycles. The van der Waals surface area contributed by atoms with E-state index in [2.05, 4.69) is 41.5 Å². The van der Waals surface area contributed by atoms with Gasteiger partial charge in [-0.2, -0.15) is 0 Å². The fourth-order valence-electron chi connectivity index (χ4n) is 4.36. The van der Waals surface area contributed by atoms with Crippen LogP contribution in [-0.2, 0) is 0 Å². The fourth-order valence-corrected chi connectivity index (χ4v) is 18.7. The molecule has 0 radical (unpaired) electrons. The zero-order valence-corrected chi connectivity index (χ0v) is 18.0. The van der Waals surface area contributed by atoms with E-state index in [1.807, 2.05) is 0 Å². The summed E-state index contributed by atoms with van der Waals surface area (Å²) in [5.41, 5.74) is 0. The van der Waals surface area contributed by atoms with E-state index in [9.17, 15) is 0 Å². The van der Waals surface area contributed by atoms with Crippen molar-refractivity contribution in [2.75, 3.05) is 0 Å². The largest absolute Gasteiger partial charge is 0.0654 e. The Morgan fingerprint density at radius 3 is 1.19 bits per heavy atom. The Bertz CT molecular complexity index is 256. The van der Waals surface area contributed by atoms with Gasteiger partial charge in [0, 0.05) is 0 Å². The van der Waals surface area contributed by atoms with E-state index < -0.39 is 0 Å². The lowest BCUT2D eigenvalue weighted by Crippen LogP contribution is -2.33. The zero-order valence-electron chi connectivity index (χ0n) is 16.0. The molecule has 0 aromatic heterocycles. The first-order valence-corrected chi connectivity index (χ1v) is 14.5. The summed E-state index contributed by atoms with van der Waals surface area (Å²) in [6.45, 7) is 14.6. The highest BCUT2D eigenvalue weighted by atomic mass is 28.9. The maximum atomic E-state index is 2.44. The molecular formula is C19H42Si2. The lowest BCUT2D eigenvalue weighted by Gasteiger charge is -2.38. The van der Waals surface area contributed by atoms with Gasteiger partial charge in [-0.15, -0.1) is 0 Å². The van der Waals surface area contributed by atoms with Gasteiger partial charge in [-0.05, 0) is 58.2 Å². The second-order valence-electron chi connectivity index (χ2n) is 6.86. The van der Waals surface area contributed by atoms with Gasteiger partial charge in [0.05, 0.1) is 0 Å². The van der Waals surface area contributed by atoms with Crippen molar-refractivity contribution in [1.82, 2.24) is 0 Å². The Balaban J connectivity index is 5.77. The molecule has 0 rings (SSSR count). The van der Waals surface area contributed by atoms with E-state index >= 15 is 0 Å². The molecule has 0 unspecified atom stereocenters. The Labute approximate surface area is 138 Å². The molecule has 0 aliphatic carbocycles. The van der Waals surface area contributed by atoms with Crippen molar-refractivity contribution < 1.29 is 0 Å². The molecule has 0 N–H and O–H groups in total. The maximum Gasteiger partial charge on any atom is -0.00551 e. The summed E-state index contributed by atoms with van der Waals surface area (Å²) >= 11 is 0. The van der Waals surface area contributed by atoms with E-state index in [-0.39, 0.29) is 15.8 Å². The minimum atomic E-state index is -0.143. The van der Waals surface area contributed by atoms with Crippen molar-refractivity contribution in [3.63, 3.8) is 0 Å². The number of rotatable bonds is 13. The van der Waals surface area contributed by atoms with Gasteiger partial charge in [-0.1, -0.05) is 80.1 Å². The molecule has 21 heavy (non-hydrogen) atoms. The van der Waals surface area contributed by atoms with Gasteiger partial charge in [0.2, 0.25) is 0 Å². The molecule has 0 aliphatic heterocycles. The molecular weight excluding hydrogens is 284 g/mol. The SMILES string of the molecule is CCC[Si](CCC)=[Si](CCC)C(CCC)(CCC)CCC. The summed E-state index contributed by atoms with van der Waals surface area (Å²) in [6.07, 6.45) is 13.1.